The summed E-state index contributed by atoms with van der Waals surface area (Å²) in [6.45, 7) is 5.73. The molecule has 4 rings (SSSR count). The fourth-order valence-corrected chi connectivity index (χ4v) is 5.27. The third-order valence-corrected chi connectivity index (χ3v) is 7.91. The lowest BCUT2D eigenvalue weighted by atomic mass is 9.97. The first-order valence-electron chi connectivity index (χ1n) is 12.9. The number of nitrogens with one attached hydrogen (secondary N) is 4. The number of rotatable bonds is 10. The van der Waals surface area contributed by atoms with E-state index in [0.717, 1.165) is 25.9 Å². The highest BCUT2D eigenvalue weighted by molar-refractivity contribution is 7.92. The molecule has 3 aromatic rings. The fourth-order valence-electron chi connectivity index (χ4n) is 4.20. The Hall–Kier alpha value is -3.60. The molecule has 0 unspecified atom stereocenters. The van der Waals surface area contributed by atoms with Gasteiger partial charge in [-0.25, -0.2) is 8.42 Å². The molecule has 0 atom stereocenters. The van der Waals surface area contributed by atoms with Crippen molar-refractivity contribution >= 4 is 39.9 Å². The van der Waals surface area contributed by atoms with Gasteiger partial charge in [0, 0.05) is 12.1 Å². The van der Waals surface area contributed by atoms with Crippen LogP contribution in [0.5, 0.6) is 11.5 Å². The van der Waals surface area contributed by atoms with E-state index in [2.05, 4.69) is 20.7 Å². The molecule has 0 bridgehead atoms. The van der Waals surface area contributed by atoms with E-state index in [-0.39, 0.29) is 34.5 Å². The first-order valence-corrected chi connectivity index (χ1v) is 14.4. The molecule has 40 heavy (non-hydrogen) atoms. The predicted octanol–water partition coefficient (Wildman–Crippen LogP) is 4.33. The third-order valence-electron chi connectivity index (χ3n) is 6.53. The van der Waals surface area contributed by atoms with Gasteiger partial charge in [-0.3, -0.25) is 14.3 Å². The van der Waals surface area contributed by atoms with Crippen molar-refractivity contribution in [1.82, 2.24) is 16.0 Å². The number of halogens is 1. The van der Waals surface area contributed by atoms with Crippen LogP contribution in [0.1, 0.15) is 37.0 Å². The summed E-state index contributed by atoms with van der Waals surface area (Å²) in [6.07, 6.45) is 2.01. The molecular formula is C29H35ClN4O5S. The molecule has 1 aliphatic heterocycles. The average Bonchev–Trinajstić information content (AvgIpc) is 2.93. The van der Waals surface area contributed by atoms with E-state index in [1.54, 1.807) is 50.2 Å². The van der Waals surface area contributed by atoms with Gasteiger partial charge in [0.25, 0.3) is 15.9 Å². The number of benzene rings is 3. The minimum absolute atomic E-state index is 0. The predicted molar refractivity (Wildman–Crippen MR) is 158 cm³/mol. The van der Waals surface area contributed by atoms with Crippen LogP contribution in [0.25, 0.3) is 0 Å². The van der Waals surface area contributed by atoms with Crippen LogP contribution in [-0.2, 0) is 14.8 Å². The van der Waals surface area contributed by atoms with Crippen molar-refractivity contribution in [3.63, 3.8) is 0 Å². The molecule has 4 N–H and O–H groups in total. The molecule has 9 nitrogen and oxygen atoms in total. The Morgan fingerprint density at radius 1 is 0.925 bits per heavy atom. The summed E-state index contributed by atoms with van der Waals surface area (Å²) in [7, 11) is -3.97. The zero-order valence-electron chi connectivity index (χ0n) is 22.5. The molecule has 1 heterocycles. The molecular weight excluding hydrogens is 552 g/mol. The molecule has 11 heteroatoms. The summed E-state index contributed by atoms with van der Waals surface area (Å²) in [5.41, 5.74) is -0.625. The van der Waals surface area contributed by atoms with Gasteiger partial charge in [-0.2, -0.15) is 0 Å². The lowest BCUT2D eigenvalue weighted by Crippen LogP contribution is -2.55. The molecule has 3 aromatic carbocycles. The van der Waals surface area contributed by atoms with E-state index in [1.807, 2.05) is 18.2 Å². The highest BCUT2D eigenvalue weighted by Gasteiger charge is 2.30. The Kier molecular flexibility index (Phi) is 10.6. The van der Waals surface area contributed by atoms with Crippen LogP contribution in [-0.4, -0.2) is 45.4 Å². The van der Waals surface area contributed by atoms with Crippen LogP contribution in [0.4, 0.5) is 5.69 Å². The van der Waals surface area contributed by atoms with Gasteiger partial charge in [0.15, 0.2) is 5.75 Å². The van der Waals surface area contributed by atoms with Crippen LogP contribution >= 0.6 is 12.4 Å². The number of amides is 2. The molecule has 1 aliphatic rings. The highest BCUT2D eigenvalue weighted by atomic mass is 35.5. The fraction of sp³-hybridized carbons (Fsp3) is 0.310. The monoisotopic (exact) mass is 586 g/mol. The minimum atomic E-state index is -3.97. The molecule has 0 saturated carbocycles. The van der Waals surface area contributed by atoms with E-state index in [9.17, 15) is 18.0 Å². The first kappa shape index (κ1) is 30.9. The van der Waals surface area contributed by atoms with Crippen LogP contribution in [0.15, 0.2) is 83.8 Å². The SMILES string of the molecule is CC(C)(NC(=O)c1ccc(S(=O)(=O)Nc2ccccc2Oc2ccccc2)cc1)C(=O)NCC1CCNCC1.Cl. The van der Waals surface area contributed by atoms with Gasteiger partial charge in [-0.15, -0.1) is 12.4 Å². The maximum atomic E-state index is 13.1. The molecule has 214 valence electrons. The Morgan fingerprint density at radius 2 is 1.55 bits per heavy atom. The average molecular weight is 587 g/mol. The number of sulfonamides is 1. The van der Waals surface area contributed by atoms with Gasteiger partial charge in [0.2, 0.25) is 5.91 Å². The molecule has 1 saturated heterocycles. The van der Waals surface area contributed by atoms with Gasteiger partial charge in [-0.1, -0.05) is 30.3 Å². The van der Waals surface area contributed by atoms with Crippen molar-refractivity contribution in [2.24, 2.45) is 5.92 Å². The Bertz CT molecular complexity index is 1390. The quantitative estimate of drug-likeness (QED) is 0.280. The van der Waals surface area contributed by atoms with Gasteiger partial charge < -0.3 is 20.7 Å². The number of ether oxygens (including phenoxy) is 1. The van der Waals surface area contributed by atoms with Crippen molar-refractivity contribution in [1.29, 1.82) is 0 Å². The number of hydrogen-bond donors (Lipinski definition) is 4. The maximum absolute atomic E-state index is 13.1. The van der Waals surface area contributed by atoms with Gasteiger partial charge in [0.1, 0.15) is 11.3 Å². The second-order valence-electron chi connectivity index (χ2n) is 10.0. The Labute approximate surface area is 241 Å². The molecule has 0 aromatic heterocycles. The summed E-state index contributed by atoms with van der Waals surface area (Å²) in [5, 5.41) is 8.98. The van der Waals surface area contributed by atoms with Crippen LogP contribution in [0.3, 0.4) is 0 Å². The standard InChI is InChI=1S/C29H34N4O5S.ClH/c1-29(2,28(35)31-20-21-16-18-30-19-17-21)32-27(34)22-12-14-24(15-13-22)39(36,37)33-25-10-6-7-11-26(25)38-23-8-4-3-5-9-23;/h3-15,21,30,33H,16-20H2,1-2H3,(H,31,35)(H,32,34);1H. The van der Waals surface area contributed by atoms with Crippen LogP contribution in [0.2, 0.25) is 0 Å². The number of carbonyl (C=O) groups excluding carboxylic acids is 2. The van der Waals surface area contributed by atoms with Crippen molar-refractivity contribution in [2.75, 3.05) is 24.4 Å². The van der Waals surface area contributed by atoms with Crippen molar-refractivity contribution in [3.8, 4) is 11.5 Å². The van der Waals surface area contributed by atoms with E-state index < -0.39 is 21.5 Å². The van der Waals surface area contributed by atoms with Gasteiger partial charge >= 0.3 is 0 Å². The zero-order valence-corrected chi connectivity index (χ0v) is 24.1. The van der Waals surface area contributed by atoms with Crippen molar-refractivity contribution < 1.29 is 22.7 Å². The minimum Gasteiger partial charge on any atom is -0.455 e. The largest absolute Gasteiger partial charge is 0.455 e. The topological polar surface area (TPSA) is 126 Å². The highest BCUT2D eigenvalue weighted by Crippen LogP contribution is 2.31. The normalized spacial score (nSPS) is 13.9. The van der Waals surface area contributed by atoms with Crippen molar-refractivity contribution in [2.45, 2.75) is 37.1 Å². The number of hydrogen-bond acceptors (Lipinski definition) is 6. The second kappa shape index (κ2) is 13.6. The first-order chi connectivity index (χ1) is 18.6. The van der Waals surface area contributed by atoms with Gasteiger partial charge in [0.05, 0.1) is 10.6 Å². The lowest BCUT2D eigenvalue weighted by molar-refractivity contribution is -0.126. The summed E-state index contributed by atoms with van der Waals surface area (Å²) in [4.78, 5) is 25.6. The number of piperidine rings is 1. The van der Waals surface area contributed by atoms with E-state index in [4.69, 9.17) is 4.74 Å². The van der Waals surface area contributed by atoms with Crippen LogP contribution < -0.4 is 25.4 Å². The zero-order chi connectivity index (χ0) is 27.9. The number of anilines is 1. The Balaban J connectivity index is 0.00000441. The Morgan fingerprint density at radius 3 is 2.23 bits per heavy atom. The maximum Gasteiger partial charge on any atom is 0.262 e. The van der Waals surface area contributed by atoms with Crippen molar-refractivity contribution in [3.05, 3.63) is 84.4 Å². The number of carbonyl (C=O) groups is 2. The lowest BCUT2D eigenvalue weighted by Gasteiger charge is -2.28. The summed E-state index contributed by atoms with van der Waals surface area (Å²) >= 11 is 0. The third kappa shape index (κ3) is 8.20. The van der Waals surface area contributed by atoms with E-state index in [1.165, 1.54) is 24.3 Å². The molecule has 0 spiro atoms. The summed E-state index contributed by atoms with van der Waals surface area (Å²) in [5.74, 6) is 0.595. The van der Waals surface area contributed by atoms with Gasteiger partial charge in [-0.05, 0) is 94.2 Å². The summed E-state index contributed by atoms with van der Waals surface area (Å²) < 4.78 is 34.6. The van der Waals surface area contributed by atoms with E-state index in [0.29, 0.717) is 24.0 Å². The molecule has 2 amide bonds. The number of para-hydroxylation sites is 3. The molecule has 0 aliphatic carbocycles. The second-order valence-corrected chi connectivity index (χ2v) is 11.7. The van der Waals surface area contributed by atoms with Crippen LogP contribution in [0, 0.1) is 5.92 Å². The van der Waals surface area contributed by atoms with E-state index >= 15 is 0 Å². The molecule has 1 fully saturated rings. The smallest absolute Gasteiger partial charge is 0.262 e. The summed E-state index contributed by atoms with van der Waals surface area (Å²) in [6, 6.07) is 21.3. The molecule has 0 radical (unpaired) electrons.